The van der Waals surface area contributed by atoms with E-state index in [-0.39, 0.29) is 22.6 Å². The van der Waals surface area contributed by atoms with Crippen molar-refractivity contribution in [1.82, 2.24) is 9.80 Å². The second-order valence-electron chi connectivity index (χ2n) is 7.19. The highest BCUT2D eigenvalue weighted by Gasteiger charge is 2.47. The third kappa shape index (κ3) is 4.07. The molecule has 5 nitrogen and oxygen atoms in total. The summed E-state index contributed by atoms with van der Waals surface area (Å²) < 4.78 is 26.5. The molecule has 0 radical (unpaired) electrons. The van der Waals surface area contributed by atoms with Crippen molar-refractivity contribution < 1.29 is 18.4 Å². The molecule has 1 spiro atoms. The van der Waals surface area contributed by atoms with Crippen molar-refractivity contribution in [3.8, 4) is 0 Å². The van der Waals surface area contributed by atoms with E-state index in [2.05, 4.69) is 5.32 Å². The molecule has 1 N–H and O–H groups in total. The van der Waals surface area contributed by atoms with Gasteiger partial charge in [-0.2, -0.15) is 0 Å². The topological polar surface area (TPSA) is 52.7 Å². The van der Waals surface area contributed by atoms with Crippen molar-refractivity contribution in [2.45, 2.75) is 17.7 Å². The summed E-state index contributed by atoms with van der Waals surface area (Å²) in [6.07, 6.45) is 1.31. The first-order chi connectivity index (χ1) is 14.0. The Labute approximate surface area is 172 Å². The van der Waals surface area contributed by atoms with Gasteiger partial charge in [-0.1, -0.05) is 6.07 Å². The quantitative estimate of drug-likeness (QED) is 0.798. The molecule has 2 aromatic carbocycles. The number of benzene rings is 2. The number of hydrogen-bond donors (Lipinski definition) is 1. The molecule has 2 aromatic rings. The lowest BCUT2D eigenvalue weighted by molar-refractivity contribution is 0.0585. The molecule has 0 unspecified atom stereocenters. The van der Waals surface area contributed by atoms with Crippen molar-refractivity contribution in [2.75, 3.05) is 30.7 Å². The van der Waals surface area contributed by atoms with E-state index in [1.807, 2.05) is 4.90 Å². The number of piperidine rings is 1. The second kappa shape index (κ2) is 8.02. The monoisotopic (exact) mass is 417 g/mol. The van der Waals surface area contributed by atoms with Gasteiger partial charge in [0, 0.05) is 36.6 Å². The summed E-state index contributed by atoms with van der Waals surface area (Å²) in [7, 11) is 0. The molecule has 2 fully saturated rings. The lowest BCUT2D eigenvalue weighted by Crippen LogP contribution is -2.54. The minimum Gasteiger partial charge on any atom is -0.324 e. The number of hydrogen-bond acceptors (Lipinski definition) is 3. The van der Waals surface area contributed by atoms with Gasteiger partial charge in [0.15, 0.2) is 0 Å². The molecule has 3 amide bonds. The fraction of sp³-hybridized carbons (Fsp3) is 0.333. The first kappa shape index (κ1) is 19.7. The second-order valence-corrected chi connectivity index (χ2v) is 8.64. The molecule has 8 heteroatoms. The summed E-state index contributed by atoms with van der Waals surface area (Å²) in [5, 5.41) is 2.72. The summed E-state index contributed by atoms with van der Waals surface area (Å²) in [4.78, 5) is 28.7. The average Bonchev–Trinajstić information content (AvgIpc) is 3.11. The van der Waals surface area contributed by atoms with Gasteiger partial charge in [-0.15, -0.1) is 11.8 Å². The van der Waals surface area contributed by atoms with E-state index in [9.17, 15) is 18.4 Å². The molecule has 0 aromatic heterocycles. The zero-order valence-electron chi connectivity index (χ0n) is 15.7. The zero-order valence-corrected chi connectivity index (χ0v) is 16.6. The number of halogens is 2. The molecule has 0 saturated carbocycles. The average molecular weight is 417 g/mol. The number of nitrogens with zero attached hydrogens (tertiary/aromatic N) is 2. The van der Waals surface area contributed by atoms with Gasteiger partial charge >= 0.3 is 6.03 Å². The van der Waals surface area contributed by atoms with Crippen molar-refractivity contribution in [3.63, 3.8) is 0 Å². The van der Waals surface area contributed by atoms with Crippen LogP contribution in [0.4, 0.5) is 19.3 Å². The van der Waals surface area contributed by atoms with Gasteiger partial charge in [0.1, 0.15) is 11.6 Å². The normalized spacial score (nSPS) is 18.1. The molecule has 0 aliphatic carbocycles. The highest BCUT2D eigenvalue weighted by molar-refractivity contribution is 8.00. The van der Waals surface area contributed by atoms with Gasteiger partial charge in [-0.25, -0.2) is 13.6 Å². The van der Waals surface area contributed by atoms with E-state index < -0.39 is 5.82 Å². The Kier molecular flexibility index (Phi) is 5.45. The molecule has 2 heterocycles. The summed E-state index contributed by atoms with van der Waals surface area (Å²) in [6, 6.07) is 11.1. The summed E-state index contributed by atoms with van der Waals surface area (Å²) in [6.45, 7) is 1.64. The number of rotatable bonds is 2. The van der Waals surface area contributed by atoms with Crippen LogP contribution in [0.25, 0.3) is 0 Å². The van der Waals surface area contributed by atoms with E-state index in [1.54, 1.807) is 28.8 Å². The first-order valence-corrected chi connectivity index (χ1v) is 10.5. The third-order valence-electron chi connectivity index (χ3n) is 5.42. The Morgan fingerprint density at radius 3 is 2.38 bits per heavy atom. The van der Waals surface area contributed by atoms with Crippen molar-refractivity contribution >= 4 is 29.4 Å². The van der Waals surface area contributed by atoms with E-state index in [0.29, 0.717) is 43.7 Å². The number of anilines is 1. The van der Waals surface area contributed by atoms with Crippen LogP contribution in [0.5, 0.6) is 0 Å². The number of amides is 3. The predicted molar refractivity (Wildman–Crippen MR) is 109 cm³/mol. The number of nitrogens with one attached hydrogen (secondary N) is 1. The summed E-state index contributed by atoms with van der Waals surface area (Å²) in [5.74, 6) is -0.0439. The molecule has 0 bridgehead atoms. The molecule has 2 saturated heterocycles. The van der Waals surface area contributed by atoms with Gasteiger partial charge < -0.3 is 15.1 Å². The Morgan fingerprint density at radius 1 is 0.966 bits per heavy atom. The van der Waals surface area contributed by atoms with Crippen LogP contribution in [-0.4, -0.2) is 52.0 Å². The number of carbonyl (C=O) groups excluding carboxylic acids is 2. The zero-order chi connectivity index (χ0) is 20.4. The Morgan fingerprint density at radius 2 is 1.69 bits per heavy atom. The van der Waals surface area contributed by atoms with Crippen LogP contribution in [0.1, 0.15) is 23.2 Å². The predicted octanol–water partition coefficient (Wildman–Crippen LogP) is 4.18. The van der Waals surface area contributed by atoms with Crippen LogP contribution in [-0.2, 0) is 0 Å². The molecule has 29 heavy (non-hydrogen) atoms. The number of carbonyl (C=O) groups is 2. The maximum Gasteiger partial charge on any atom is 0.321 e. The standard InChI is InChI=1S/C21H21F2N3O2S/c22-16-6-4-15(5-7-16)19(27)26-12-13-29-21(26)8-10-25(11-9-21)20(28)24-18-3-1-2-17(23)14-18/h1-7,14H,8-13H2,(H,24,28). The van der Waals surface area contributed by atoms with Gasteiger partial charge in [-0.3, -0.25) is 4.79 Å². The van der Waals surface area contributed by atoms with Crippen molar-refractivity contribution in [2.24, 2.45) is 0 Å². The highest BCUT2D eigenvalue weighted by Crippen LogP contribution is 2.44. The SMILES string of the molecule is O=C(Nc1cccc(F)c1)N1CCC2(CC1)SCCN2C(=O)c1ccc(F)cc1. The van der Waals surface area contributed by atoms with E-state index in [1.165, 1.54) is 36.4 Å². The fourth-order valence-corrected chi connectivity index (χ4v) is 5.34. The van der Waals surface area contributed by atoms with E-state index in [0.717, 1.165) is 5.75 Å². The molecular weight excluding hydrogens is 396 g/mol. The van der Waals surface area contributed by atoms with Crippen LogP contribution in [0.3, 0.4) is 0 Å². The summed E-state index contributed by atoms with van der Waals surface area (Å²) in [5.41, 5.74) is 0.887. The molecule has 152 valence electrons. The minimum atomic E-state index is -0.405. The first-order valence-electron chi connectivity index (χ1n) is 9.50. The van der Waals surface area contributed by atoms with Gasteiger partial charge in [0.05, 0.1) is 4.87 Å². The van der Waals surface area contributed by atoms with Crippen LogP contribution in [0.2, 0.25) is 0 Å². The maximum atomic E-state index is 13.3. The molecule has 2 aliphatic heterocycles. The van der Waals surface area contributed by atoms with Crippen LogP contribution >= 0.6 is 11.8 Å². The van der Waals surface area contributed by atoms with Crippen molar-refractivity contribution in [3.05, 3.63) is 65.7 Å². The van der Waals surface area contributed by atoms with E-state index in [4.69, 9.17) is 0 Å². The van der Waals surface area contributed by atoms with E-state index >= 15 is 0 Å². The Balaban J connectivity index is 1.41. The fourth-order valence-electron chi connectivity index (χ4n) is 3.89. The molecular formula is C21H21F2N3O2S. The molecule has 4 rings (SSSR count). The molecule has 0 atom stereocenters. The minimum absolute atomic E-state index is 0.104. The third-order valence-corrected chi connectivity index (χ3v) is 6.97. The Bertz CT molecular complexity index is 914. The smallest absolute Gasteiger partial charge is 0.321 e. The van der Waals surface area contributed by atoms with Gasteiger partial charge in [0.25, 0.3) is 5.91 Å². The van der Waals surface area contributed by atoms with Gasteiger partial charge in [-0.05, 0) is 55.3 Å². The molecule has 2 aliphatic rings. The lowest BCUT2D eigenvalue weighted by atomic mass is 10.0. The number of likely N-dealkylation sites (tertiary alicyclic amines) is 1. The number of urea groups is 1. The summed E-state index contributed by atoms with van der Waals surface area (Å²) >= 11 is 1.74. The van der Waals surface area contributed by atoms with Crippen molar-refractivity contribution in [1.29, 1.82) is 0 Å². The lowest BCUT2D eigenvalue weighted by Gasteiger charge is -2.44. The highest BCUT2D eigenvalue weighted by atomic mass is 32.2. The van der Waals surface area contributed by atoms with Crippen LogP contribution in [0, 0.1) is 11.6 Å². The largest absolute Gasteiger partial charge is 0.324 e. The van der Waals surface area contributed by atoms with Crippen LogP contribution < -0.4 is 5.32 Å². The van der Waals surface area contributed by atoms with Crippen LogP contribution in [0.15, 0.2) is 48.5 Å². The maximum absolute atomic E-state index is 13.3. The number of thioether (sulfide) groups is 1. The van der Waals surface area contributed by atoms with Gasteiger partial charge in [0.2, 0.25) is 0 Å². The Hall–Kier alpha value is -2.61.